The second-order valence-corrected chi connectivity index (χ2v) is 11.6. The highest BCUT2D eigenvalue weighted by Gasteiger charge is 2.25. The minimum absolute atomic E-state index is 0.0475. The lowest BCUT2D eigenvalue weighted by atomic mass is 9.86. The van der Waals surface area contributed by atoms with E-state index < -0.39 is 0 Å². The number of rotatable bonds is 5. The number of hydrogen-bond acceptors (Lipinski definition) is 2. The van der Waals surface area contributed by atoms with Gasteiger partial charge in [-0.2, -0.15) is 0 Å². The molecule has 0 unspecified atom stereocenters. The van der Waals surface area contributed by atoms with E-state index in [1.807, 2.05) is 84.9 Å². The third-order valence-corrected chi connectivity index (χ3v) is 7.56. The molecule has 3 nitrogen and oxygen atoms in total. The van der Waals surface area contributed by atoms with Crippen LogP contribution < -0.4 is 0 Å². The van der Waals surface area contributed by atoms with Crippen LogP contribution in [0.3, 0.4) is 0 Å². The molecular formula is C37H30ClNO2. The summed E-state index contributed by atoms with van der Waals surface area (Å²) in [5.74, 6) is 0.197. The molecule has 1 aliphatic heterocycles. The third-order valence-electron chi connectivity index (χ3n) is 7.30. The molecule has 0 N–H and O–H groups in total. The lowest BCUT2D eigenvalue weighted by molar-refractivity contribution is -0.130. The minimum atomic E-state index is -0.362. The molecule has 0 spiro atoms. The van der Waals surface area contributed by atoms with Crippen LogP contribution in [0.2, 0.25) is 5.02 Å². The van der Waals surface area contributed by atoms with E-state index in [1.165, 1.54) is 5.56 Å². The van der Waals surface area contributed by atoms with Crippen LogP contribution in [0.1, 0.15) is 37.5 Å². The Hall–Kier alpha value is -4.60. The van der Waals surface area contributed by atoms with E-state index in [4.69, 9.17) is 16.3 Å². The summed E-state index contributed by atoms with van der Waals surface area (Å²) in [4.78, 5) is 13.1. The Labute approximate surface area is 246 Å². The molecule has 0 bridgehead atoms. The Kier molecular flexibility index (Phi) is 6.98. The molecule has 0 aliphatic carbocycles. The molecule has 2 heterocycles. The Morgan fingerprint density at radius 2 is 1.34 bits per heavy atom. The van der Waals surface area contributed by atoms with Crippen molar-refractivity contribution in [3.05, 3.63) is 149 Å². The van der Waals surface area contributed by atoms with Crippen molar-refractivity contribution < 1.29 is 9.53 Å². The van der Waals surface area contributed by atoms with Crippen LogP contribution in [0.15, 0.2) is 127 Å². The number of ether oxygens (including phenoxy) is 1. The highest BCUT2D eigenvalue weighted by Crippen LogP contribution is 2.38. The molecule has 1 aromatic heterocycles. The average molecular weight is 556 g/mol. The SMILES string of the molecule is CC(C)(C)c1ccc(C2=C/C(=C\c3cc(-c4ccccc4)n(-c4ccc(Cl)cc4)c3-c3ccccc3)C(=O)O2)cc1. The Bertz CT molecular complexity index is 1770. The Morgan fingerprint density at radius 3 is 1.95 bits per heavy atom. The second kappa shape index (κ2) is 10.8. The fourth-order valence-electron chi connectivity index (χ4n) is 5.14. The summed E-state index contributed by atoms with van der Waals surface area (Å²) in [6.45, 7) is 6.55. The molecule has 0 radical (unpaired) electrons. The van der Waals surface area contributed by atoms with E-state index in [0.29, 0.717) is 16.4 Å². The van der Waals surface area contributed by atoms with Gasteiger partial charge in [-0.1, -0.05) is 117 Å². The summed E-state index contributed by atoms with van der Waals surface area (Å²) in [6, 6.07) is 38.7. The molecule has 0 saturated heterocycles. The van der Waals surface area contributed by atoms with Crippen molar-refractivity contribution in [3.63, 3.8) is 0 Å². The number of aromatic nitrogens is 1. The van der Waals surface area contributed by atoms with Gasteiger partial charge >= 0.3 is 5.97 Å². The summed E-state index contributed by atoms with van der Waals surface area (Å²) < 4.78 is 7.98. The van der Waals surface area contributed by atoms with Crippen molar-refractivity contribution in [3.8, 4) is 28.2 Å². The number of esters is 1. The standard InChI is InChI=1S/C37H30ClNO2/c1-37(2,3)30-16-14-26(15-17-30)34-24-29(36(40)41-34)22-28-23-33(25-10-6-4-7-11-25)39(32-20-18-31(38)19-21-32)35(28)27-12-8-5-9-13-27/h4-24H,1-3H3/b29-22+. The second-order valence-electron chi connectivity index (χ2n) is 11.2. The van der Waals surface area contributed by atoms with Gasteiger partial charge in [0.15, 0.2) is 0 Å². The van der Waals surface area contributed by atoms with Gasteiger partial charge in [0.25, 0.3) is 0 Å². The van der Waals surface area contributed by atoms with Gasteiger partial charge in [-0.3, -0.25) is 0 Å². The van der Waals surface area contributed by atoms with Crippen LogP contribution in [0.25, 0.3) is 40.0 Å². The molecule has 5 aromatic rings. The zero-order chi connectivity index (χ0) is 28.6. The quantitative estimate of drug-likeness (QED) is 0.160. The van der Waals surface area contributed by atoms with Crippen molar-refractivity contribution in [1.29, 1.82) is 0 Å². The van der Waals surface area contributed by atoms with Crippen molar-refractivity contribution in [2.24, 2.45) is 0 Å². The Balaban J connectivity index is 1.53. The van der Waals surface area contributed by atoms with E-state index in [9.17, 15) is 4.79 Å². The summed E-state index contributed by atoms with van der Waals surface area (Å²) in [6.07, 6.45) is 3.77. The van der Waals surface area contributed by atoms with Crippen LogP contribution in [0.5, 0.6) is 0 Å². The van der Waals surface area contributed by atoms with E-state index in [0.717, 1.165) is 39.3 Å². The van der Waals surface area contributed by atoms with Crippen LogP contribution in [0, 0.1) is 0 Å². The van der Waals surface area contributed by atoms with Crippen LogP contribution >= 0.6 is 11.6 Å². The van der Waals surface area contributed by atoms with Crippen LogP contribution in [-0.4, -0.2) is 10.5 Å². The van der Waals surface area contributed by atoms with Crippen LogP contribution in [0.4, 0.5) is 0 Å². The highest BCUT2D eigenvalue weighted by molar-refractivity contribution is 6.30. The maximum Gasteiger partial charge on any atom is 0.343 e. The lowest BCUT2D eigenvalue weighted by Crippen LogP contribution is -2.10. The van der Waals surface area contributed by atoms with E-state index >= 15 is 0 Å². The lowest BCUT2D eigenvalue weighted by Gasteiger charge is -2.19. The number of nitrogens with zero attached hydrogens (tertiary/aromatic N) is 1. The summed E-state index contributed by atoms with van der Waals surface area (Å²) >= 11 is 6.27. The maximum atomic E-state index is 13.1. The topological polar surface area (TPSA) is 31.2 Å². The largest absolute Gasteiger partial charge is 0.422 e. The van der Waals surface area contributed by atoms with Gasteiger partial charge in [-0.05, 0) is 64.6 Å². The zero-order valence-corrected chi connectivity index (χ0v) is 24.0. The number of carbonyl (C=O) groups is 1. The average Bonchev–Trinajstić information content (AvgIpc) is 3.54. The summed E-state index contributed by atoms with van der Waals surface area (Å²) in [5.41, 5.74) is 8.62. The first-order valence-electron chi connectivity index (χ1n) is 13.7. The molecule has 0 saturated carbocycles. The highest BCUT2D eigenvalue weighted by atomic mass is 35.5. The Morgan fingerprint density at radius 1 is 0.732 bits per heavy atom. The van der Waals surface area contributed by atoms with Gasteiger partial charge in [-0.25, -0.2) is 4.79 Å². The van der Waals surface area contributed by atoms with E-state index in [1.54, 1.807) is 0 Å². The fraction of sp³-hybridized carbons (Fsp3) is 0.108. The number of cyclic esters (lactones) is 1. The predicted octanol–water partition coefficient (Wildman–Crippen LogP) is 9.74. The molecule has 6 rings (SSSR count). The first kappa shape index (κ1) is 26.6. The minimum Gasteiger partial charge on any atom is -0.422 e. The molecule has 0 amide bonds. The molecule has 1 aliphatic rings. The van der Waals surface area contributed by atoms with Gasteiger partial charge in [0, 0.05) is 21.8 Å². The number of hydrogen-bond donors (Lipinski definition) is 0. The van der Waals surface area contributed by atoms with Gasteiger partial charge in [0.1, 0.15) is 5.76 Å². The number of benzene rings is 4. The van der Waals surface area contributed by atoms with Crippen molar-refractivity contribution in [2.45, 2.75) is 26.2 Å². The molecule has 0 atom stereocenters. The molecule has 4 heteroatoms. The van der Waals surface area contributed by atoms with Gasteiger partial charge < -0.3 is 9.30 Å². The van der Waals surface area contributed by atoms with Crippen molar-refractivity contribution in [1.82, 2.24) is 4.57 Å². The number of halogens is 1. The molecular weight excluding hydrogens is 526 g/mol. The van der Waals surface area contributed by atoms with E-state index in [-0.39, 0.29) is 11.4 Å². The smallest absolute Gasteiger partial charge is 0.343 e. The number of carbonyl (C=O) groups excluding carboxylic acids is 1. The first-order chi connectivity index (χ1) is 19.8. The third kappa shape index (κ3) is 5.41. The normalized spacial score (nSPS) is 14.3. The van der Waals surface area contributed by atoms with E-state index in [2.05, 4.69) is 67.8 Å². The summed E-state index contributed by atoms with van der Waals surface area (Å²) in [5, 5.41) is 0.674. The fourth-order valence-corrected chi connectivity index (χ4v) is 5.27. The molecule has 202 valence electrons. The summed E-state index contributed by atoms with van der Waals surface area (Å²) in [7, 11) is 0. The zero-order valence-electron chi connectivity index (χ0n) is 23.3. The first-order valence-corrected chi connectivity index (χ1v) is 14.0. The monoisotopic (exact) mass is 555 g/mol. The molecule has 4 aromatic carbocycles. The van der Waals surface area contributed by atoms with Gasteiger partial charge in [0.2, 0.25) is 0 Å². The predicted molar refractivity (Wildman–Crippen MR) is 169 cm³/mol. The van der Waals surface area contributed by atoms with Crippen molar-refractivity contribution in [2.75, 3.05) is 0 Å². The maximum absolute atomic E-state index is 13.1. The van der Waals surface area contributed by atoms with Gasteiger partial charge in [-0.15, -0.1) is 0 Å². The molecule has 41 heavy (non-hydrogen) atoms. The molecule has 0 fully saturated rings. The van der Waals surface area contributed by atoms with Crippen LogP contribution in [-0.2, 0) is 14.9 Å². The van der Waals surface area contributed by atoms with Crippen molar-refractivity contribution >= 4 is 29.4 Å². The van der Waals surface area contributed by atoms with Gasteiger partial charge in [0.05, 0.1) is 17.0 Å².